The van der Waals surface area contributed by atoms with Crippen LogP contribution in [0.1, 0.15) is 6.42 Å². The Hall–Kier alpha value is -0.950. The Balaban J connectivity index is 2.06. The molecule has 2 rings (SSSR count). The van der Waals surface area contributed by atoms with Crippen molar-refractivity contribution < 1.29 is 13.2 Å². The van der Waals surface area contributed by atoms with E-state index in [2.05, 4.69) is 26.2 Å². The van der Waals surface area contributed by atoms with Crippen molar-refractivity contribution in [3.63, 3.8) is 0 Å². The Bertz CT molecular complexity index is 544. The highest BCUT2D eigenvalue weighted by Gasteiger charge is 2.33. The summed E-state index contributed by atoms with van der Waals surface area (Å²) in [6.07, 6.45) is 3.53. The summed E-state index contributed by atoms with van der Waals surface area (Å²) in [5.41, 5.74) is 0.606. The van der Waals surface area contributed by atoms with Crippen LogP contribution >= 0.6 is 15.9 Å². The zero-order chi connectivity index (χ0) is 12.5. The normalized spacial score (nSPS) is 22.3. The number of nitrogens with zero attached hydrogens (tertiary/aromatic N) is 1. The molecule has 1 saturated heterocycles. The lowest BCUT2D eigenvalue weighted by molar-refractivity contribution is -0.119. The number of sulfone groups is 1. The largest absolute Gasteiger partial charge is 0.325 e. The second-order valence-electron chi connectivity index (χ2n) is 3.94. The minimum Gasteiger partial charge on any atom is -0.325 e. The molecule has 0 saturated carbocycles. The molecule has 0 radical (unpaired) electrons. The fourth-order valence-electron chi connectivity index (χ4n) is 1.71. The summed E-state index contributed by atoms with van der Waals surface area (Å²) in [6, 6.07) is 1.66. The second-order valence-corrected chi connectivity index (χ2v) is 7.03. The van der Waals surface area contributed by atoms with Gasteiger partial charge in [0.25, 0.3) is 0 Å². The third kappa shape index (κ3) is 3.04. The maximum atomic E-state index is 11.8. The van der Waals surface area contributed by atoms with Gasteiger partial charge >= 0.3 is 0 Å². The second kappa shape index (κ2) is 4.73. The SMILES string of the molecule is O=C(Nc1ccncc1Br)C1CCS(=O)(=O)C1. The lowest BCUT2D eigenvalue weighted by Crippen LogP contribution is -2.23. The number of anilines is 1. The van der Waals surface area contributed by atoms with E-state index in [-0.39, 0.29) is 17.4 Å². The molecular formula is C10H11BrN2O3S. The Morgan fingerprint density at radius 2 is 2.29 bits per heavy atom. The minimum absolute atomic E-state index is 0.0540. The first-order valence-corrected chi connectivity index (χ1v) is 7.70. The Kier molecular flexibility index (Phi) is 3.48. The number of pyridine rings is 1. The van der Waals surface area contributed by atoms with Crippen molar-refractivity contribution in [1.29, 1.82) is 0 Å². The average molecular weight is 319 g/mol. The molecular weight excluding hydrogens is 308 g/mol. The third-order valence-corrected chi connectivity index (χ3v) is 5.03. The van der Waals surface area contributed by atoms with E-state index < -0.39 is 15.8 Å². The summed E-state index contributed by atoms with van der Waals surface area (Å²) in [4.78, 5) is 15.7. The van der Waals surface area contributed by atoms with Crippen molar-refractivity contribution >= 4 is 37.4 Å². The van der Waals surface area contributed by atoms with Gasteiger partial charge in [0.05, 0.1) is 27.6 Å². The molecule has 0 spiro atoms. The van der Waals surface area contributed by atoms with Gasteiger partial charge in [-0.15, -0.1) is 0 Å². The quantitative estimate of drug-likeness (QED) is 0.889. The molecule has 0 aliphatic carbocycles. The van der Waals surface area contributed by atoms with Crippen LogP contribution < -0.4 is 5.32 Å². The molecule has 0 aromatic carbocycles. The van der Waals surface area contributed by atoms with Gasteiger partial charge in [0, 0.05) is 12.4 Å². The molecule has 92 valence electrons. The molecule has 1 aromatic rings. The number of aromatic nitrogens is 1. The zero-order valence-electron chi connectivity index (χ0n) is 8.89. The van der Waals surface area contributed by atoms with E-state index in [4.69, 9.17) is 0 Å². The van der Waals surface area contributed by atoms with Crippen molar-refractivity contribution in [3.8, 4) is 0 Å². The van der Waals surface area contributed by atoms with Crippen LogP contribution in [0, 0.1) is 5.92 Å². The number of nitrogens with one attached hydrogen (secondary N) is 1. The molecule has 1 fully saturated rings. The van der Waals surface area contributed by atoms with Crippen molar-refractivity contribution in [2.75, 3.05) is 16.8 Å². The molecule has 1 atom stereocenters. The number of halogens is 1. The predicted molar refractivity (Wildman–Crippen MR) is 67.3 cm³/mol. The Morgan fingerprint density at radius 3 is 2.88 bits per heavy atom. The topological polar surface area (TPSA) is 76.1 Å². The fourth-order valence-corrected chi connectivity index (χ4v) is 3.80. The fraction of sp³-hybridized carbons (Fsp3) is 0.400. The van der Waals surface area contributed by atoms with E-state index in [9.17, 15) is 13.2 Å². The molecule has 1 aliphatic rings. The molecule has 0 bridgehead atoms. The van der Waals surface area contributed by atoms with Gasteiger partial charge in [-0.1, -0.05) is 0 Å². The number of carbonyl (C=O) groups is 1. The molecule has 1 aliphatic heterocycles. The van der Waals surface area contributed by atoms with Gasteiger partial charge < -0.3 is 5.32 Å². The first-order valence-electron chi connectivity index (χ1n) is 5.09. The first-order chi connectivity index (χ1) is 7.98. The van der Waals surface area contributed by atoms with Gasteiger partial charge in [-0.2, -0.15) is 0 Å². The maximum absolute atomic E-state index is 11.8. The number of hydrogen-bond acceptors (Lipinski definition) is 4. The van der Waals surface area contributed by atoms with Gasteiger partial charge in [0.15, 0.2) is 9.84 Å². The van der Waals surface area contributed by atoms with Crippen LogP contribution in [-0.2, 0) is 14.6 Å². The summed E-state index contributed by atoms with van der Waals surface area (Å²) in [5.74, 6) is -0.650. The van der Waals surface area contributed by atoms with Crippen molar-refractivity contribution in [2.45, 2.75) is 6.42 Å². The predicted octanol–water partition coefficient (Wildman–Crippen LogP) is 1.22. The lowest BCUT2D eigenvalue weighted by atomic mass is 10.1. The van der Waals surface area contributed by atoms with Crippen LogP contribution in [0.5, 0.6) is 0 Å². The highest BCUT2D eigenvalue weighted by Crippen LogP contribution is 2.24. The summed E-state index contributed by atoms with van der Waals surface area (Å²) in [7, 11) is -3.03. The summed E-state index contributed by atoms with van der Waals surface area (Å²) in [6.45, 7) is 0. The summed E-state index contributed by atoms with van der Waals surface area (Å²) >= 11 is 3.26. The Labute approximate surface area is 108 Å². The van der Waals surface area contributed by atoms with E-state index >= 15 is 0 Å². The third-order valence-electron chi connectivity index (χ3n) is 2.63. The van der Waals surface area contributed by atoms with E-state index in [1.165, 1.54) is 0 Å². The highest BCUT2D eigenvalue weighted by molar-refractivity contribution is 9.10. The lowest BCUT2D eigenvalue weighted by Gasteiger charge is -2.10. The Morgan fingerprint density at radius 1 is 1.53 bits per heavy atom. The standard InChI is InChI=1S/C10H11BrN2O3S/c11-8-5-12-3-1-9(8)13-10(14)7-2-4-17(15,16)6-7/h1,3,5,7H,2,4,6H2,(H,12,13,14). The smallest absolute Gasteiger partial charge is 0.228 e. The van der Waals surface area contributed by atoms with Gasteiger partial charge in [-0.05, 0) is 28.4 Å². The van der Waals surface area contributed by atoms with E-state index in [1.807, 2.05) is 0 Å². The first kappa shape index (κ1) is 12.5. The van der Waals surface area contributed by atoms with Crippen LogP contribution in [-0.4, -0.2) is 30.8 Å². The molecule has 1 aromatic heterocycles. The zero-order valence-corrected chi connectivity index (χ0v) is 11.3. The van der Waals surface area contributed by atoms with E-state index in [0.29, 0.717) is 16.6 Å². The van der Waals surface area contributed by atoms with Gasteiger partial charge in [0.1, 0.15) is 0 Å². The van der Waals surface area contributed by atoms with Crippen LogP contribution in [0.25, 0.3) is 0 Å². The van der Waals surface area contributed by atoms with E-state index in [1.54, 1.807) is 18.5 Å². The van der Waals surface area contributed by atoms with Crippen molar-refractivity contribution in [1.82, 2.24) is 4.98 Å². The van der Waals surface area contributed by atoms with Crippen LogP contribution in [0.2, 0.25) is 0 Å². The minimum atomic E-state index is -3.03. The number of rotatable bonds is 2. The molecule has 1 amide bonds. The summed E-state index contributed by atoms with van der Waals surface area (Å²) in [5, 5.41) is 2.70. The average Bonchev–Trinajstić information content (AvgIpc) is 2.62. The molecule has 1 N–H and O–H groups in total. The monoisotopic (exact) mass is 318 g/mol. The number of amides is 1. The van der Waals surface area contributed by atoms with Crippen molar-refractivity contribution in [3.05, 3.63) is 22.9 Å². The molecule has 2 heterocycles. The van der Waals surface area contributed by atoms with Gasteiger partial charge in [0.2, 0.25) is 5.91 Å². The van der Waals surface area contributed by atoms with Gasteiger partial charge in [-0.3, -0.25) is 9.78 Å². The molecule has 7 heteroatoms. The van der Waals surface area contributed by atoms with Crippen molar-refractivity contribution in [2.24, 2.45) is 5.92 Å². The maximum Gasteiger partial charge on any atom is 0.228 e. The van der Waals surface area contributed by atoms with E-state index in [0.717, 1.165) is 0 Å². The molecule has 5 nitrogen and oxygen atoms in total. The van der Waals surface area contributed by atoms with Crippen LogP contribution in [0.3, 0.4) is 0 Å². The van der Waals surface area contributed by atoms with Gasteiger partial charge in [-0.25, -0.2) is 8.42 Å². The number of carbonyl (C=O) groups excluding carboxylic acids is 1. The summed E-state index contributed by atoms with van der Waals surface area (Å²) < 4.78 is 23.2. The van der Waals surface area contributed by atoms with Crippen LogP contribution in [0.15, 0.2) is 22.9 Å². The molecule has 1 unspecified atom stereocenters. The number of hydrogen-bond donors (Lipinski definition) is 1. The molecule has 17 heavy (non-hydrogen) atoms. The van der Waals surface area contributed by atoms with Crippen LogP contribution in [0.4, 0.5) is 5.69 Å². The highest BCUT2D eigenvalue weighted by atomic mass is 79.9.